The molecule has 0 radical (unpaired) electrons. The minimum absolute atomic E-state index is 0.140. The van der Waals surface area contributed by atoms with E-state index in [2.05, 4.69) is 4.98 Å². The summed E-state index contributed by atoms with van der Waals surface area (Å²) in [6.07, 6.45) is 0.270. The fourth-order valence-corrected chi connectivity index (χ4v) is 1.16. The van der Waals surface area contributed by atoms with Gasteiger partial charge in [0.15, 0.2) is 0 Å². The lowest BCUT2D eigenvalue weighted by atomic mass is 10.2. The zero-order valence-corrected chi connectivity index (χ0v) is 8.96. The van der Waals surface area contributed by atoms with Crippen LogP contribution in [-0.2, 0) is 9.59 Å². The van der Waals surface area contributed by atoms with Crippen molar-refractivity contribution in [3.8, 4) is 0 Å². The molecule has 0 saturated carbocycles. The molecule has 18 heavy (non-hydrogen) atoms. The van der Waals surface area contributed by atoms with Gasteiger partial charge < -0.3 is 15.5 Å². The molecule has 1 aromatic rings. The molecular formula is C10H9FN2O5. The maximum atomic E-state index is 12.7. The van der Waals surface area contributed by atoms with E-state index in [-0.39, 0.29) is 5.56 Å². The Morgan fingerprint density at radius 3 is 2.56 bits per heavy atom. The van der Waals surface area contributed by atoms with E-state index in [4.69, 9.17) is 10.2 Å². The number of amides is 1. The molecule has 1 rings (SSSR count). The van der Waals surface area contributed by atoms with E-state index in [0.717, 1.165) is 12.3 Å². The monoisotopic (exact) mass is 256 g/mol. The summed E-state index contributed by atoms with van der Waals surface area (Å²) in [5, 5.41) is 19.2. The Morgan fingerprint density at radius 1 is 1.39 bits per heavy atom. The minimum Gasteiger partial charge on any atom is -0.481 e. The van der Waals surface area contributed by atoms with E-state index in [1.165, 1.54) is 6.07 Å². The van der Waals surface area contributed by atoms with E-state index < -0.39 is 36.3 Å². The Morgan fingerprint density at radius 2 is 2.06 bits per heavy atom. The second kappa shape index (κ2) is 5.71. The third-order valence-electron chi connectivity index (χ3n) is 1.97. The average molecular weight is 256 g/mol. The van der Waals surface area contributed by atoms with Crippen molar-refractivity contribution in [1.82, 2.24) is 10.3 Å². The Balaban J connectivity index is 2.78. The molecule has 0 aromatic carbocycles. The summed E-state index contributed by atoms with van der Waals surface area (Å²) < 4.78 is 12.7. The number of rotatable bonds is 5. The van der Waals surface area contributed by atoms with E-state index >= 15 is 0 Å². The number of aromatic nitrogens is 1. The van der Waals surface area contributed by atoms with Crippen molar-refractivity contribution < 1.29 is 29.0 Å². The Kier molecular flexibility index (Phi) is 4.30. The number of halogens is 1. The van der Waals surface area contributed by atoms with Gasteiger partial charge in [-0.15, -0.1) is 0 Å². The number of pyridine rings is 1. The molecule has 3 N–H and O–H groups in total. The van der Waals surface area contributed by atoms with Crippen LogP contribution in [0.2, 0.25) is 0 Å². The Hall–Kier alpha value is -2.51. The third-order valence-corrected chi connectivity index (χ3v) is 1.97. The smallest absolute Gasteiger partial charge is 0.326 e. The maximum Gasteiger partial charge on any atom is 0.326 e. The number of carbonyl (C=O) groups is 3. The Labute approximate surface area is 100 Å². The maximum absolute atomic E-state index is 12.7. The molecule has 1 aromatic heterocycles. The normalized spacial score (nSPS) is 11.6. The van der Waals surface area contributed by atoms with Gasteiger partial charge in [-0.2, -0.15) is 4.39 Å². The van der Waals surface area contributed by atoms with Gasteiger partial charge in [-0.1, -0.05) is 0 Å². The first-order valence-corrected chi connectivity index (χ1v) is 4.77. The number of hydrogen-bond donors (Lipinski definition) is 3. The molecular weight excluding hydrogens is 247 g/mol. The van der Waals surface area contributed by atoms with Crippen LogP contribution >= 0.6 is 0 Å². The highest BCUT2D eigenvalue weighted by Gasteiger charge is 2.23. The molecule has 8 heteroatoms. The van der Waals surface area contributed by atoms with Crippen LogP contribution in [-0.4, -0.2) is 39.1 Å². The average Bonchev–Trinajstić information content (AvgIpc) is 2.27. The minimum atomic E-state index is -1.58. The van der Waals surface area contributed by atoms with E-state index in [1.54, 1.807) is 0 Å². The standard InChI is InChI=1S/C10H9FN2O5/c11-7-3-5(1-2-12-7)9(16)13-6(10(17)18)4-8(14)15/h1-3,6H,4H2,(H,13,16)(H,14,15)(H,17,18). The first-order chi connectivity index (χ1) is 8.40. The molecule has 0 bridgehead atoms. The van der Waals surface area contributed by atoms with Crippen LogP contribution in [0.15, 0.2) is 18.3 Å². The highest BCUT2D eigenvalue weighted by atomic mass is 19.1. The molecule has 0 spiro atoms. The van der Waals surface area contributed by atoms with Gasteiger partial charge in [0.25, 0.3) is 5.91 Å². The van der Waals surface area contributed by atoms with Gasteiger partial charge >= 0.3 is 11.9 Å². The van der Waals surface area contributed by atoms with Crippen LogP contribution in [0.1, 0.15) is 16.8 Å². The van der Waals surface area contributed by atoms with Gasteiger partial charge in [-0.25, -0.2) is 9.78 Å². The predicted molar refractivity (Wildman–Crippen MR) is 55.3 cm³/mol. The molecule has 1 amide bonds. The largest absolute Gasteiger partial charge is 0.481 e. The molecule has 0 aliphatic carbocycles. The lowest BCUT2D eigenvalue weighted by Crippen LogP contribution is -2.42. The highest BCUT2D eigenvalue weighted by Crippen LogP contribution is 2.02. The fourth-order valence-electron chi connectivity index (χ4n) is 1.16. The van der Waals surface area contributed by atoms with Crippen LogP contribution in [0.3, 0.4) is 0 Å². The van der Waals surface area contributed by atoms with Crippen LogP contribution in [0.4, 0.5) is 4.39 Å². The van der Waals surface area contributed by atoms with Gasteiger partial charge in [-0.05, 0) is 6.07 Å². The summed E-state index contributed by atoms with van der Waals surface area (Å²) in [4.78, 5) is 35.9. The molecule has 7 nitrogen and oxygen atoms in total. The van der Waals surface area contributed by atoms with Crippen molar-refractivity contribution in [1.29, 1.82) is 0 Å². The SMILES string of the molecule is O=C(O)CC(NC(=O)c1ccnc(F)c1)C(=O)O. The predicted octanol–water partition coefficient (Wildman–Crippen LogP) is -0.122. The van der Waals surface area contributed by atoms with Crippen molar-refractivity contribution in [2.75, 3.05) is 0 Å². The fraction of sp³-hybridized carbons (Fsp3) is 0.200. The van der Waals surface area contributed by atoms with Crippen LogP contribution in [0.25, 0.3) is 0 Å². The summed E-state index contributed by atoms with van der Waals surface area (Å²) in [6.45, 7) is 0. The molecule has 1 unspecified atom stereocenters. The van der Waals surface area contributed by atoms with Crippen LogP contribution < -0.4 is 5.32 Å². The summed E-state index contributed by atoms with van der Waals surface area (Å²) in [7, 11) is 0. The molecule has 0 saturated heterocycles. The van der Waals surface area contributed by atoms with Crippen LogP contribution in [0.5, 0.6) is 0 Å². The second-order valence-electron chi connectivity index (χ2n) is 3.33. The zero-order valence-electron chi connectivity index (χ0n) is 8.96. The molecule has 0 fully saturated rings. The van der Waals surface area contributed by atoms with Gasteiger partial charge in [-0.3, -0.25) is 9.59 Å². The van der Waals surface area contributed by atoms with E-state index in [9.17, 15) is 18.8 Å². The van der Waals surface area contributed by atoms with Gasteiger partial charge in [0.2, 0.25) is 5.95 Å². The van der Waals surface area contributed by atoms with E-state index in [0.29, 0.717) is 0 Å². The second-order valence-corrected chi connectivity index (χ2v) is 3.33. The number of hydrogen-bond acceptors (Lipinski definition) is 4. The number of aliphatic carboxylic acids is 2. The number of carboxylic acids is 2. The summed E-state index contributed by atoms with van der Waals surface area (Å²) >= 11 is 0. The van der Waals surface area contributed by atoms with Crippen molar-refractivity contribution in [2.24, 2.45) is 0 Å². The van der Waals surface area contributed by atoms with Gasteiger partial charge in [0, 0.05) is 17.8 Å². The van der Waals surface area contributed by atoms with Crippen LogP contribution in [0, 0.1) is 5.95 Å². The molecule has 0 aliphatic heterocycles. The van der Waals surface area contributed by atoms with Crippen molar-refractivity contribution in [3.63, 3.8) is 0 Å². The molecule has 96 valence electrons. The lowest BCUT2D eigenvalue weighted by Gasteiger charge is -2.12. The molecule has 0 aliphatic rings. The number of carboxylic acid groups (broad SMARTS) is 2. The number of nitrogens with zero attached hydrogens (tertiary/aromatic N) is 1. The zero-order chi connectivity index (χ0) is 13.7. The summed E-state index contributed by atoms with van der Waals surface area (Å²) in [5.74, 6) is -4.64. The third kappa shape index (κ3) is 3.81. The number of nitrogens with one attached hydrogen (secondary N) is 1. The summed E-state index contributed by atoms with van der Waals surface area (Å²) in [5.41, 5.74) is -0.140. The quantitative estimate of drug-likeness (QED) is 0.632. The summed E-state index contributed by atoms with van der Waals surface area (Å²) in [6, 6.07) is 0.416. The molecule has 1 heterocycles. The van der Waals surface area contributed by atoms with Crippen molar-refractivity contribution >= 4 is 17.8 Å². The van der Waals surface area contributed by atoms with Gasteiger partial charge in [0.1, 0.15) is 6.04 Å². The van der Waals surface area contributed by atoms with Crippen molar-refractivity contribution in [3.05, 3.63) is 29.8 Å². The lowest BCUT2D eigenvalue weighted by molar-refractivity contribution is -0.145. The molecule has 1 atom stereocenters. The Bertz CT molecular complexity index is 491. The van der Waals surface area contributed by atoms with Gasteiger partial charge in [0.05, 0.1) is 6.42 Å². The highest BCUT2D eigenvalue weighted by molar-refractivity contribution is 5.97. The topological polar surface area (TPSA) is 117 Å². The number of carbonyl (C=O) groups excluding carboxylic acids is 1. The first kappa shape index (κ1) is 13.6. The van der Waals surface area contributed by atoms with E-state index in [1.807, 2.05) is 5.32 Å². The van der Waals surface area contributed by atoms with Crippen molar-refractivity contribution in [2.45, 2.75) is 12.5 Å². The first-order valence-electron chi connectivity index (χ1n) is 4.77.